The number of ether oxygens (including phenoxy) is 4. The maximum Gasteiger partial charge on any atom is 0.512 e. The van der Waals surface area contributed by atoms with E-state index in [2.05, 4.69) is 9.47 Å². The minimum atomic E-state index is -1.90. The van der Waals surface area contributed by atoms with Crippen molar-refractivity contribution >= 4 is 12.3 Å². The summed E-state index contributed by atoms with van der Waals surface area (Å²) in [6.07, 6.45) is 0.274. The zero-order valence-electron chi connectivity index (χ0n) is 12.1. The molecule has 4 N–H and O–H groups in total. The molecule has 0 saturated heterocycles. The van der Waals surface area contributed by atoms with Crippen LogP contribution in [0.25, 0.3) is 0 Å². The molecule has 0 amide bonds. The van der Waals surface area contributed by atoms with E-state index in [0.29, 0.717) is 13.0 Å². The number of carbonyl (C=O) groups excluding carboxylic acids is 2. The molecule has 0 atom stereocenters. The molecule has 118 valence electrons. The van der Waals surface area contributed by atoms with Crippen LogP contribution in [-0.4, -0.2) is 38.0 Å². The lowest BCUT2D eigenvalue weighted by Gasteiger charge is -2.27. The molecule has 8 nitrogen and oxygen atoms in total. The van der Waals surface area contributed by atoms with Gasteiger partial charge in [-0.25, -0.2) is 9.59 Å². The Morgan fingerprint density at radius 3 is 1.85 bits per heavy atom. The van der Waals surface area contributed by atoms with Gasteiger partial charge in [0.15, 0.2) is 0 Å². The first-order chi connectivity index (χ1) is 9.47. The monoisotopic (exact) mass is 292 g/mol. The Bertz CT molecular complexity index is 278. The molecule has 0 aromatic carbocycles. The third-order valence-corrected chi connectivity index (χ3v) is 2.27. The predicted octanol–water partition coefficient (Wildman–Crippen LogP) is 1.46. The normalized spacial score (nSPS) is 10.8. The quantitative estimate of drug-likeness (QED) is 0.372. The molecule has 0 bridgehead atoms. The summed E-state index contributed by atoms with van der Waals surface area (Å²) in [5.41, 5.74) is 11.1. The number of nitrogens with two attached hydrogens (primary N) is 2. The van der Waals surface area contributed by atoms with E-state index in [4.69, 9.17) is 20.9 Å². The van der Waals surface area contributed by atoms with E-state index in [-0.39, 0.29) is 19.6 Å². The van der Waals surface area contributed by atoms with Gasteiger partial charge < -0.3 is 24.7 Å². The van der Waals surface area contributed by atoms with Crippen molar-refractivity contribution in [3.05, 3.63) is 0 Å². The van der Waals surface area contributed by atoms with Crippen molar-refractivity contribution in [1.82, 2.24) is 0 Å². The zero-order chi connectivity index (χ0) is 15.4. The van der Waals surface area contributed by atoms with Gasteiger partial charge in [-0.2, -0.15) is 0 Å². The fourth-order valence-electron chi connectivity index (χ4n) is 1.39. The second-order valence-corrected chi connectivity index (χ2v) is 3.98. The Morgan fingerprint density at radius 1 is 0.950 bits per heavy atom. The fourth-order valence-corrected chi connectivity index (χ4v) is 1.39. The van der Waals surface area contributed by atoms with Crippen molar-refractivity contribution < 1.29 is 28.5 Å². The molecule has 0 fully saturated rings. The molecule has 0 aliphatic carbocycles. The van der Waals surface area contributed by atoms with Gasteiger partial charge in [-0.1, -0.05) is 6.42 Å². The highest BCUT2D eigenvalue weighted by Gasteiger charge is 2.35. The third kappa shape index (κ3) is 8.54. The minimum absolute atomic E-state index is 0.126. The van der Waals surface area contributed by atoms with Gasteiger partial charge in [-0.15, -0.1) is 0 Å². The van der Waals surface area contributed by atoms with Crippen LogP contribution < -0.4 is 11.5 Å². The number of carbonyl (C=O) groups is 2. The average molecular weight is 292 g/mol. The van der Waals surface area contributed by atoms with Crippen LogP contribution in [-0.2, 0) is 18.9 Å². The van der Waals surface area contributed by atoms with Gasteiger partial charge in [0.05, 0.1) is 13.2 Å². The summed E-state index contributed by atoms with van der Waals surface area (Å²) in [5.74, 6) is -1.90. The number of hydrogen-bond acceptors (Lipinski definition) is 8. The highest BCUT2D eigenvalue weighted by molar-refractivity contribution is 5.62. The molecule has 0 aromatic heterocycles. The molecule has 8 heteroatoms. The molecule has 0 aliphatic heterocycles. The summed E-state index contributed by atoms with van der Waals surface area (Å²) >= 11 is 0. The first-order valence-corrected chi connectivity index (χ1v) is 6.68. The fraction of sp³-hybridized carbons (Fsp3) is 0.833. The third-order valence-electron chi connectivity index (χ3n) is 2.27. The van der Waals surface area contributed by atoms with Crippen LogP contribution >= 0.6 is 0 Å². The van der Waals surface area contributed by atoms with E-state index in [1.807, 2.05) is 0 Å². The van der Waals surface area contributed by atoms with E-state index in [1.54, 1.807) is 13.8 Å². The number of hydrogen-bond donors (Lipinski definition) is 2. The average Bonchev–Trinajstić information content (AvgIpc) is 2.35. The molecular formula is C12H24N2O6. The molecular weight excluding hydrogens is 268 g/mol. The van der Waals surface area contributed by atoms with Crippen LogP contribution in [0.5, 0.6) is 0 Å². The van der Waals surface area contributed by atoms with Crippen LogP contribution in [0.4, 0.5) is 9.59 Å². The summed E-state index contributed by atoms with van der Waals surface area (Å²) < 4.78 is 18.9. The van der Waals surface area contributed by atoms with E-state index in [0.717, 1.165) is 12.8 Å². The van der Waals surface area contributed by atoms with Gasteiger partial charge in [-0.3, -0.25) is 5.73 Å². The molecule has 0 saturated carbocycles. The summed E-state index contributed by atoms with van der Waals surface area (Å²) in [7, 11) is 0. The predicted molar refractivity (Wildman–Crippen MR) is 70.7 cm³/mol. The lowest BCUT2D eigenvalue weighted by atomic mass is 10.1. The van der Waals surface area contributed by atoms with Gasteiger partial charge in [0.25, 0.3) is 0 Å². The first-order valence-electron chi connectivity index (χ1n) is 6.68. The van der Waals surface area contributed by atoms with Crippen LogP contribution in [0.3, 0.4) is 0 Å². The van der Waals surface area contributed by atoms with E-state index in [9.17, 15) is 9.59 Å². The molecule has 0 radical (unpaired) electrons. The lowest BCUT2D eigenvalue weighted by molar-refractivity contribution is -0.190. The van der Waals surface area contributed by atoms with Crippen molar-refractivity contribution in [2.75, 3.05) is 19.8 Å². The van der Waals surface area contributed by atoms with Crippen molar-refractivity contribution in [2.24, 2.45) is 11.5 Å². The van der Waals surface area contributed by atoms with Gasteiger partial charge in [0.2, 0.25) is 0 Å². The zero-order valence-corrected chi connectivity index (χ0v) is 12.1. The van der Waals surface area contributed by atoms with Gasteiger partial charge in [0, 0.05) is 6.42 Å². The second-order valence-electron chi connectivity index (χ2n) is 3.98. The van der Waals surface area contributed by atoms with E-state index in [1.165, 1.54) is 0 Å². The Morgan fingerprint density at radius 2 is 1.45 bits per heavy atom. The minimum Gasteiger partial charge on any atom is -0.434 e. The van der Waals surface area contributed by atoms with E-state index >= 15 is 0 Å². The smallest absolute Gasteiger partial charge is 0.434 e. The Labute approximate surface area is 118 Å². The van der Waals surface area contributed by atoms with Crippen LogP contribution in [0.1, 0.15) is 39.5 Å². The second kappa shape index (κ2) is 10.3. The summed E-state index contributed by atoms with van der Waals surface area (Å²) in [6.45, 7) is 4.04. The topological polar surface area (TPSA) is 123 Å². The van der Waals surface area contributed by atoms with Crippen LogP contribution in [0, 0.1) is 0 Å². The van der Waals surface area contributed by atoms with Crippen molar-refractivity contribution in [2.45, 2.75) is 45.4 Å². The van der Waals surface area contributed by atoms with Crippen molar-refractivity contribution in [3.8, 4) is 0 Å². The number of rotatable bonds is 9. The van der Waals surface area contributed by atoms with E-state index < -0.39 is 18.2 Å². The van der Waals surface area contributed by atoms with Crippen LogP contribution in [0.15, 0.2) is 0 Å². The Balaban J connectivity index is 4.48. The van der Waals surface area contributed by atoms with Crippen LogP contribution in [0.2, 0.25) is 0 Å². The van der Waals surface area contributed by atoms with Gasteiger partial charge in [-0.05, 0) is 33.2 Å². The summed E-state index contributed by atoms with van der Waals surface area (Å²) in [5, 5.41) is 0. The number of unbranched alkanes of at least 4 members (excludes halogenated alkanes) is 2. The first kappa shape index (κ1) is 18.5. The lowest BCUT2D eigenvalue weighted by Crippen LogP contribution is -2.49. The summed E-state index contributed by atoms with van der Waals surface area (Å²) in [4.78, 5) is 22.6. The van der Waals surface area contributed by atoms with Gasteiger partial charge in [0.1, 0.15) is 0 Å². The Hall–Kier alpha value is -1.54. The molecule has 0 aliphatic rings. The maximum absolute atomic E-state index is 11.3. The maximum atomic E-state index is 11.3. The molecule has 0 heterocycles. The van der Waals surface area contributed by atoms with Crippen molar-refractivity contribution in [1.29, 1.82) is 0 Å². The molecule has 0 aromatic rings. The standard InChI is InChI=1S/C12H24N2O6/c1-3-17-10(15)19-12(14,8-6-5-7-9-13)20-11(16)18-4-2/h3-9,13-14H2,1-2H3. The highest BCUT2D eigenvalue weighted by Crippen LogP contribution is 2.18. The largest absolute Gasteiger partial charge is 0.512 e. The van der Waals surface area contributed by atoms with Gasteiger partial charge >= 0.3 is 18.2 Å². The molecule has 0 unspecified atom stereocenters. The summed E-state index contributed by atoms with van der Waals surface area (Å²) in [6, 6.07) is 0. The molecule has 0 rings (SSSR count). The van der Waals surface area contributed by atoms with Crippen molar-refractivity contribution in [3.63, 3.8) is 0 Å². The SMILES string of the molecule is CCOC(=O)OC(N)(CCCCCN)OC(=O)OCC. The molecule has 0 spiro atoms. The molecule has 20 heavy (non-hydrogen) atoms. The Kier molecular flexibility index (Phi) is 9.48. The highest BCUT2D eigenvalue weighted by atomic mass is 16.9.